The second kappa shape index (κ2) is 7.81. The van der Waals surface area contributed by atoms with E-state index in [2.05, 4.69) is 11.4 Å². The quantitative estimate of drug-likeness (QED) is 0.646. The van der Waals surface area contributed by atoms with Gasteiger partial charge in [0.15, 0.2) is 0 Å². The van der Waals surface area contributed by atoms with Crippen molar-refractivity contribution in [3.05, 3.63) is 72.5 Å². The Morgan fingerprint density at radius 2 is 2.00 bits per heavy atom. The summed E-state index contributed by atoms with van der Waals surface area (Å²) in [5.74, 6) is 0.370. The molecule has 0 aliphatic heterocycles. The van der Waals surface area contributed by atoms with Gasteiger partial charge < -0.3 is 14.8 Å². The molecule has 5 nitrogen and oxygen atoms in total. The molecule has 1 N–H and O–H groups in total. The van der Waals surface area contributed by atoms with E-state index in [1.54, 1.807) is 31.6 Å². The molecule has 0 spiro atoms. The van der Waals surface area contributed by atoms with E-state index in [0.29, 0.717) is 11.4 Å². The van der Waals surface area contributed by atoms with Gasteiger partial charge in [-0.2, -0.15) is 0 Å². The molecule has 2 atom stereocenters. The van der Waals surface area contributed by atoms with E-state index >= 15 is 0 Å². The van der Waals surface area contributed by atoms with Gasteiger partial charge in [-0.3, -0.25) is 4.79 Å². The molecule has 2 unspecified atom stereocenters. The van der Waals surface area contributed by atoms with Gasteiger partial charge in [-0.05, 0) is 37.3 Å². The fourth-order valence-corrected chi connectivity index (χ4v) is 4.53. The highest BCUT2D eigenvalue weighted by atomic mass is 32.1. The van der Waals surface area contributed by atoms with Crippen molar-refractivity contribution in [1.29, 1.82) is 0 Å². The van der Waals surface area contributed by atoms with Crippen LogP contribution < -0.4 is 5.32 Å². The molecule has 0 radical (unpaired) electrons. The van der Waals surface area contributed by atoms with Crippen LogP contribution in [0.3, 0.4) is 0 Å². The fourth-order valence-electron chi connectivity index (χ4n) is 3.57. The maximum absolute atomic E-state index is 13.3. The number of carbonyl (C=O) groups is 1. The lowest BCUT2D eigenvalue weighted by Gasteiger charge is -2.36. The first-order valence-corrected chi connectivity index (χ1v) is 10.1. The Morgan fingerprint density at radius 3 is 2.76 bits per heavy atom. The van der Waals surface area contributed by atoms with Crippen molar-refractivity contribution in [1.82, 2.24) is 4.98 Å². The zero-order valence-electron chi connectivity index (χ0n) is 16.5. The van der Waals surface area contributed by atoms with Gasteiger partial charge in [0, 0.05) is 18.4 Å². The Kier molecular flexibility index (Phi) is 5.22. The summed E-state index contributed by atoms with van der Waals surface area (Å²) in [6.45, 7) is 1.83. The summed E-state index contributed by atoms with van der Waals surface area (Å²) in [5.41, 5.74) is 1.67. The molecule has 0 bridgehead atoms. The standard InChI is InChI=1S/C23H22N2O3S/c1-23(19(27-2)12-7-13-20(23)28-3)22(26)24-16-9-6-8-15(14-16)21-25-17-10-4-5-11-18(17)29-21/h4-14,19H,1-3H3,(H,24,26). The summed E-state index contributed by atoms with van der Waals surface area (Å²) >= 11 is 1.63. The molecule has 6 heteroatoms. The van der Waals surface area contributed by atoms with Crippen molar-refractivity contribution in [2.45, 2.75) is 13.0 Å². The predicted octanol–water partition coefficient (Wildman–Crippen LogP) is 5.02. The lowest BCUT2D eigenvalue weighted by molar-refractivity contribution is -0.130. The van der Waals surface area contributed by atoms with Gasteiger partial charge in [0.2, 0.25) is 5.91 Å². The molecule has 148 valence electrons. The number of allylic oxidation sites excluding steroid dienone is 2. The third kappa shape index (κ3) is 3.45. The third-order valence-corrected chi connectivity index (χ3v) is 6.31. The van der Waals surface area contributed by atoms with Crippen LogP contribution in [-0.2, 0) is 14.3 Å². The number of aromatic nitrogens is 1. The average Bonchev–Trinajstić information content (AvgIpc) is 3.18. The zero-order chi connectivity index (χ0) is 20.4. The number of amides is 1. The molecule has 1 amide bonds. The molecule has 1 heterocycles. The van der Waals surface area contributed by atoms with Crippen LogP contribution in [0.2, 0.25) is 0 Å². The number of methoxy groups -OCH3 is 2. The molecule has 1 aromatic heterocycles. The van der Waals surface area contributed by atoms with Gasteiger partial charge in [-0.15, -0.1) is 11.3 Å². The minimum absolute atomic E-state index is 0.191. The van der Waals surface area contributed by atoms with Gasteiger partial charge in [0.05, 0.1) is 23.4 Å². The predicted molar refractivity (Wildman–Crippen MR) is 117 cm³/mol. The highest BCUT2D eigenvalue weighted by Crippen LogP contribution is 2.38. The van der Waals surface area contributed by atoms with Gasteiger partial charge in [0.25, 0.3) is 0 Å². The Morgan fingerprint density at radius 1 is 1.17 bits per heavy atom. The fraction of sp³-hybridized carbons (Fsp3) is 0.217. The number of nitrogens with one attached hydrogen (secondary N) is 1. The number of anilines is 1. The van der Waals surface area contributed by atoms with Crippen molar-refractivity contribution in [3.63, 3.8) is 0 Å². The molecule has 1 aliphatic carbocycles. The zero-order valence-corrected chi connectivity index (χ0v) is 17.3. The summed E-state index contributed by atoms with van der Waals surface area (Å²) in [6.07, 6.45) is 5.08. The Bertz CT molecular complexity index is 1090. The molecule has 0 fully saturated rings. The van der Waals surface area contributed by atoms with Crippen LogP contribution in [0.1, 0.15) is 6.92 Å². The van der Waals surface area contributed by atoms with Gasteiger partial charge in [-0.25, -0.2) is 4.98 Å². The van der Waals surface area contributed by atoms with Crippen LogP contribution in [0.25, 0.3) is 20.8 Å². The van der Waals surface area contributed by atoms with E-state index in [9.17, 15) is 4.79 Å². The lowest BCUT2D eigenvalue weighted by atomic mass is 9.78. The molecule has 3 aromatic rings. The van der Waals surface area contributed by atoms with Gasteiger partial charge in [0.1, 0.15) is 16.2 Å². The Balaban J connectivity index is 1.63. The summed E-state index contributed by atoms with van der Waals surface area (Å²) in [5, 5.41) is 3.95. The SMILES string of the molecule is COC1=CC=CC(OC)C1(C)C(=O)Nc1cccc(-c2nc3ccccc3s2)c1. The second-order valence-electron chi connectivity index (χ2n) is 7.00. The number of ether oxygens (including phenoxy) is 2. The van der Waals surface area contributed by atoms with Crippen LogP contribution in [0, 0.1) is 5.41 Å². The number of nitrogens with zero attached hydrogens (tertiary/aromatic N) is 1. The summed E-state index contributed by atoms with van der Waals surface area (Å²) in [4.78, 5) is 18.0. The molecule has 29 heavy (non-hydrogen) atoms. The number of hydrogen-bond acceptors (Lipinski definition) is 5. The maximum Gasteiger partial charge on any atom is 0.240 e. The van der Waals surface area contributed by atoms with Crippen LogP contribution in [0.15, 0.2) is 72.5 Å². The number of carbonyl (C=O) groups excluding carboxylic acids is 1. The van der Waals surface area contributed by atoms with Crippen LogP contribution >= 0.6 is 11.3 Å². The van der Waals surface area contributed by atoms with E-state index in [4.69, 9.17) is 14.5 Å². The topological polar surface area (TPSA) is 60.5 Å². The third-order valence-electron chi connectivity index (χ3n) is 5.22. The average molecular weight is 407 g/mol. The first-order valence-electron chi connectivity index (χ1n) is 9.29. The monoisotopic (exact) mass is 406 g/mol. The number of rotatable bonds is 5. The van der Waals surface area contributed by atoms with Crippen molar-refractivity contribution < 1.29 is 14.3 Å². The molecule has 0 saturated heterocycles. The minimum atomic E-state index is -0.968. The van der Waals surface area contributed by atoms with E-state index < -0.39 is 11.5 Å². The van der Waals surface area contributed by atoms with Gasteiger partial charge in [-0.1, -0.05) is 36.4 Å². The van der Waals surface area contributed by atoms with Gasteiger partial charge >= 0.3 is 0 Å². The number of hydrogen-bond donors (Lipinski definition) is 1. The number of para-hydroxylation sites is 1. The molecular weight excluding hydrogens is 384 g/mol. The van der Waals surface area contributed by atoms with Crippen molar-refractivity contribution in [3.8, 4) is 10.6 Å². The largest absolute Gasteiger partial charge is 0.500 e. The van der Waals surface area contributed by atoms with E-state index in [1.165, 1.54) is 0 Å². The number of benzene rings is 2. The smallest absolute Gasteiger partial charge is 0.240 e. The molecular formula is C23H22N2O3S. The van der Waals surface area contributed by atoms with E-state index in [1.807, 2.05) is 61.5 Å². The normalized spacial score (nSPS) is 21.1. The van der Waals surface area contributed by atoms with Crippen molar-refractivity contribution in [2.24, 2.45) is 5.41 Å². The molecule has 1 aliphatic rings. The van der Waals surface area contributed by atoms with Crippen molar-refractivity contribution >= 4 is 33.1 Å². The van der Waals surface area contributed by atoms with Crippen LogP contribution in [-0.4, -0.2) is 31.2 Å². The van der Waals surface area contributed by atoms with E-state index in [-0.39, 0.29) is 5.91 Å². The first kappa shape index (κ1) is 19.4. The van der Waals surface area contributed by atoms with E-state index in [0.717, 1.165) is 20.8 Å². The second-order valence-corrected chi connectivity index (χ2v) is 8.03. The number of fused-ring (bicyclic) bond motifs is 1. The summed E-state index contributed by atoms with van der Waals surface area (Å²) < 4.78 is 12.2. The molecule has 2 aromatic carbocycles. The van der Waals surface area contributed by atoms with Crippen LogP contribution in [0.5, 0.6) is 0 Å². The maximum atomic E-state index is 13.3. The highest BCUT2D eigenvalue weighted by Gasteiger charge is 2.46. The number of thiazole rings is 1. The highest BCUT2D eigenvalue weighted by molar-refractivity contribution is 7.21. The first-order chi connectivity index (χ1) is 14.1. The minimum Gasteiger partial charge on any atom is -0.500 e. The molecule has 0 saturated carbocycles. The molecule has 4 rings (SSSR count). The Hall–Kier alpha value is -2.96. The van der Waals surface area contributed by atoms with Crippen molar-refractivity contribution in [2.75, 3.05) is 19.5 Å². The Labute approximate surface area is 173 Å². The summed E-state index contributed by atoms with van der Waals surface area (Å²) in [6, 6.07) is 15.8. The van der Waals surface area contributed by atoms with Crippen LogP contribution in [0.4, 0.5) is 5.69 Å². The lowest BCUT2D eigenvalue weighted by Crippen LogP contribution is -2.46. The summed E-state index contributed by atoms with van der Waals surface area (Å²) in [7, 11) is 3.16.